The van der Waals surface area contributed by atoms with E-state index in [-0.39, 0.29) is 24.2 Å². The first kappa shape index (κ1) is 24.7. The number of benzene rings is 3. The van der Waals surface area contributed by atoms with Gasteiger partial charge < -0.3 is 20.3 Å². The van der Waals surface area contributed by atoms with Gasteiger partial charge in [-0.25, -0.2) is 0 Å². The van der Waals surface area contributed by atoms with E-state index in [1.54, 1.807) is 30.3 Å². The Hall–Kier alpha value is -2.61. The molecular formula is C23H25BrClN3O3. The first-order valence-corrected chi connectivity index (χ1v) is 10.3. The van der Waals surface area contributed by atoms with Gasteiger partial charge in [-0.2, -0.15) is 0 Å². The summed E-state index contributed by atoms with van der Waals surface area (Å²) in [6.07, 6.45) is 0. The summed E-state index contributed by atoms with van der Waals surface area (Å²) in [5, 5.41) is 7.60. The van der Waals surface area contributed by atoms with Gasteiger partial charge in [-0.05, 0) is 59.0 Å². The molecule has 0 aliphatic carbocycles. The highest BCUT2D eigenvalue weighted by atomic mass is 79.9. The average molecular weight is 507 g/mol. The Morgan fingerprint density at radius 2 is 1.68 bits per heavy atom. The molecule has 0 saturated carbocycles. The number of carbonyl (C=O) groups is 2. The molecule has 3 aromatic rings. The molecule has 3 rings (SSSR count). The standard InChI is InChI=1S/C23H24BrN3O3.ClH/c1-27(2)13-12-25-22(28)17-10-6-7-11-19(17)26-23(29)18-14-15-8-4-5-9-16(15)20(24)21(18)30-3;/h4-11,14H,12-13H2,1-3H3,(H,25,28)(H,26,29);1H. The van der Waals surface area contributed by atoms with Crippen LogP contribution in [0.25, 0.3) is 10.8 Å². The Kier molecular flexibility index (Phi) is 8.86. The molecular weight excluding hydrogens is 482 g/mol. The van der Waals surface area contributed by atoms with Crippen molar-refractivity contribution in [2.24, 2.45) is 0 Å². The highest BCUT2D eigenvalue weighted by Crippen LogP contribution is 2.37. The van der Waals surface area contributed by atoms with E-state index in [1.807, 2.05) is 43.3 Å². The number of likely N-dealkylation sites (N-methyl/N-ethyl adjacent to an activating group) is 1. The van der Waals surface area contributed by atoms with Crippen LogP contribution in [0.1, 0.15) is 20.7 Å². The van der Waals surface area contributed by atoms with E-state index in [4.69, 9.17) is 4.74 Å². The fourth-order valence-corrected chi connectivity index (χ4v) is 3.86. The monoisotopic (exact) mass is 505 g/mol. The smallest absolute Gasteiger partial charge is 0.259 e. The molecule has 6 nitrogen and oxygen atoms in total. The zero-order valence-corrected chi connectivity index (χ0v) is 20.0. The average Bonchev–Trinajstić information content (AvgIpc) is 2.73. The van der Waals surface area contributed by atoms with Crippen molar-refractivity contribution in [3.05, 3.63) is 70.2 Å². The molecule has 164 valence electrons. The molecule has 8 heteroatoms. The predicted molar refractivity (Wildman–Crippen MR) is 131 cm³/mol. The number of amides is 2. The molecule has 0 saturated heterocycles. The van der Waals surface area contributed by atoms with E-state index in [0.717, 1.165) is 17.3 Å². The highest BCUT2D eigenvalue weighted by Gasteiger charge is 2.20. The van der Waals surface area contributed by atoms with Crippen LogP contribution in [0.5, 0.6) is 5.75 Å². The Morgan fingerprint density at radius 3 is 2.39 bits per heavy atom. The lowest BCUT2D eigenvalue weighted by Gasteiger charge is -2.15. The number of nitrogens with zero attached hydrogens (tertiary/aromatic N) is 1. The van der Waals surface area contributed by atoms with Gasteiger partial charge in [0, 0.05) is 13.1 Å². The second kappa shape index (κ2) is 11.1. The van der Waals surface area contributed by atoms with Gasteiger partial charge in [0.15, 0.2) is 0 Å². The highest BCUT2D eigenvalue weighted by molar-refractivity contribution is 9.10. The van der Waals surface area contributed by atoms with Crippen LogP contribution in [-0.2, 0) is 0 Å². The summed E-state index contributed by atoms with van der Waals surface area (Å²) in [5.41, 5.74) is 1.23. The fourth-order valence-electron chi connectivity index (χ4n) is 3.12. The van der Waals surface area contributed by atoms with Gasteiger partial charge in [0.05, 0.1) is 28.4 Å². The van der Waals surface area contributed by atoms with Crippen molar-refractivity contribution < 1.29 is 14.3 Å². The summed E-state index contributed by atoms with van der Waals surface area (Å²) in [7, 11) is 5.41. The van der Waals surface area contributed by atoms with Gasteiger partial charge in [0.1, 0.15) is 5.75 Å². The van der Waals surface area contributed by atoms with Crippen molar-refractivity contribution in [3.8, 4) is 5.75 Å². The summed E-state index contributed by atoms with van der Waals surface area (Å²) < 4.78 is 6.22. The molecule has 0 aromatic heterocycles. The summed E-state index contributed by atoms with van der Waals surface area (Å²) in [4.78, 5) is 27.7. The number of para-hydroxylation sites is 1. The maximum absolute atomic E-state index is 13.1. The van der Waals surface area contributed by atoms with E-state index in [1.165, 1.54) is 7.11 Å². The number of hydrogen-bond donors (Lipinski definition) is 2. The molecule has 31 heavy (non-hydrogen) atoms. The minimum Gasteiger partial charge on any atom is -0.495 e. The first-order valence-electron chi connectivity index (χ1n) is 9.51. The summed E-state index contributed by atoms with van der Waals surface area (Å²) in [6.45, 7) is 1.24. The van der Waals surface area contributed by atoms with E-state index < -0.39 is 0 Å². The predicted octanol–water partition coefficient (Wildman–Crippen LogP) is 4.58. The van der Waals surface area contributed by atoms with Crippen molar-refractivity contribution in [3.63, 3.8) is 0 Å². The maximum Gasteiger partial charge on any atom is 0.259 e. The van der Waals surface area contributed by atoms with E-state index in [9.17, 15) is 9.59 Å². The Balaban J connectivity index is 0.00000341. The third-order valence-electron chi connectivity index (χ3n) is 4.65. The Labute approximate surface area is 196 Å². The summed E-state index contributed by atoms with van der Waals surface area (Å²) in [6, 6.07) is 16.5. The lowest BCUT2D eigenvalue weighted by molar-refractivity contribution is 0.0952. The quantitative estimate of drug-likeness (QED) is 0.492. The second-order valence-corrected chi connectivity index (χ2v) is 7.84. The number of ether oxygens (including phenoxy) is 1. The van der Waals surface area contributed by atoms with Crippen molar-refractivity contribution in [2.75, 3.05) is 39.6 Å². The Bertz CT molecular complexity index is 1090. The summed E-state index contributed by atoms with van der Waals surface area (Å²) in [5.74, 6) is -0.148. The number of rotatable bonds is 7. The number of methoxy groups -OCH3 is 1. The first-order chi connectivity index (χ1) is 14.4. The molecule has 0 aliphatic heterocycles. The SMILES string of the molecule is COc1c(C(=O)Nc2ccccc2C(=O)NCCN(C)C)cc2ccccc2c1Br.Cl. The van der Waals surface area contributed by atoms with Crippen LogP contribution >= 0.6 is 28.3 Å². The molecule has 0 radical (unpaired) electrons. The largest absolute Gasteiger partial charge is 0.495 e. The number of nitrogens with one attached hydrogen (secondary N) is 2. The second-order valence-electron chi connectivity index (χ2n) is 7.05. The zero-order chi connectivity index (χ0) is 21.7. The maximum atomic E-state index is 13.1. The van der Waals surface area contributed by atoms with Crippen molar-refractivity contribution in [1.82, 2.24) is 10.2 Å². The van der Waals surface area contributed by atoms with Gasteiger partial charge in [-0.1, -0.05) is 36.4 Å². The van der Waals surface area contributed by atoms with Crippen molar-refractivity contribution >= 4 is 56.6 Å². The van der Waals surface area contributed by atoms with Gasteiger partial charge in [-0.15, -0.1) is 12.4 Å². The van der Waals surface area contributed by atoms with Crippen molar-refractivity contribution in [2.45, 2.75) is 0 Å². The van der Waals surface area contributed by atoms with Crippen LogP contribution in [0.3, 0.4) is 0 Å². The minimum absolute atomic E-state index is 0. The zero-order valence-electron chi connectivity index (χ0n) is 17.6. The van der Waals surface area contributed by atoms with Crippen LogP contribution in [0.2, 0.25) is 0 Å². The molecule has 2 N–H and O–H groups in total. The van der Waals surface area contributed by atoms with Gasteiger partial charge in [-0.3, -0.25) is 9.59 Å². The normalized spacial score (nSPS) is 10.5. The van der Waals surface area contributed by atoms with E-state index in [0.29, 0.717) is 33.6 Å². The lowest BCUT2D eigenvalue weighted by Crippen LogP contribution is -2.32. The van der Waals surface area contributed by atoms with Gasteiger partial charge in [0.2, 0.25) is 0 Å². The van der Waals surface area contributed by atoms with Crippen molar-refractivity contribution in [1.29, 1.82) is 0 Å². The Morgan fingerprint density at radius 1 is 1.00 bits per heavy atom. The topological polar surface area (TPSA) is 70.7 Å². The molecule has 0 heterocycles. The van der Waals surface area contributed by atoms with Gasteiger partial charge in [0.25, 0.3) is 11.8 Å². The molecule has 0 unspecified atom stereocenters. The summed E-state index contributed by atoms with van der Waals surface area (Å²) >= 11 is 3.55. The number of fused-ring (bicyclic) bond motifs is 1. The minimum atomic E-state index is -0.355. The lowest BCUT2D eigenvalue weighted by atomic mass is 10.0. The molecule has 0 atom stereocenters. The molecule has 3 aromatic carbocycles. The third kappa shape index (κ3) is 5.76. The van der Waals surface area contributed by atoms with Crippen LogP contribution in [0, 0.1) is 0 Å². The van der Waals surface area contributed by atoms with Crippen LogP contribution in [0.15, 0.2) is 59.1 Å². The third-order valence-corrected chi connectivity index (χ3v) is 5.44. The fraction of sp³-hybridized carbons (Fsp3) is 0.217. The molecule has 0 spiro atoms. The van der Waals surface area contributed by atoms with Crippen LogP contribution in [0.4, 0.5) is 5.69 Å². The van der Waals surface area contributed by atoms with Crippen LogP contribution < -0.4 is 15.4 Å². The molecule has 0 bridgehead atoms. The molecule has 0 fully saturated rings. The van der Waals surface area contributed by atoms with E-state index in [2.05, 4.69) is 26.6 Å². The van der Waals surface area contributed by atoms with Gasteiger partial charge >= 0.3 is 0 Å². The molecule has 0 aliphatic rings. The number of hydrogen-bond acceptors (Lipinski definition) is 4. The van der Waals surface area contributed by atoms with Crippen LogP contribution in [-0.4, -0.2) is 51.0 Å². The number of anilines is 1. The van der Waals surface area contributed by atoms with E-state index >= 15 is 0 Å². The number of halogens is 2. The number of carbonyl (C=O) groups excluding carboxylic acids is 2. The molecule has 2 amide bonds.